The fourth-order valence-electron chi connectivity index (χ4n) is 1.19. The van der Waals surface area contributed by atoms with Crippen molar-refractivity contribution in [2.45, 2.75) is 12.6 Å². The van der Waals surface area contributed by atoms with Crippen molar-refractivity contribution in [2.75, 3.05) is 5.32 Å². The number of hydrogen-bond acceptors (Lipinski definition) is 2. The lowest BCUT2D eigenvalue weighted by molar-refractivity contribution is -0.137. The second-order valence-corrected chi connectivity index (χ2v) is 3.35. The van der Waals surface area contributed by atoms with E-state index in [4.69, 9.17) is 5.11 Å². The molecule has 0 aromatic heterocycles. The summed E-state index contributed by atoms with van der Waals surface area (Å²) in [6.45, 7) is 0. The molecule has 1 amide bonds. The van der Waals surface area contributed by atoms with Gasteiger partial charge in [-0.1, -0.05) is 0 Å². The largest absolute Gasteiger partial charge is 0.478 e. The number of carbonyl (C=O) groups is 2. The first kappa shape index (κ1) is 14.9. The maximum absolute atomic E-state index is 12.4. The predicted molar refractivity (Wildman–Crippen MR) is 53.0 cm³/mol. The fourth-order valence-corrected chi connectivity index (χ4v) is 1.19. The van der Waals surface area contributed by atoms with E-state index in [1.54, 1.807) is 0 Å². The van der Waals surface area contributed by atoms with Gasteiger partial charge in [0.25, 0.3) is 5.91 Å². The minimum Gasteiger partial charge on any atom is -0.478 e. The van der Waals surface area contributed by atoms with Crippen LogP contribution in [-0.4, -0.2) is 23.4 Å². The van der Waals surface area contributed by atoms with Gasteiger partial charge >= 0.3 is 18.6 Å². The number of halogens is 5. The molecule has 1 aromatic rings. The topological polar surface area (TPSA) is 66.4 Å². The van der Waals surface area contributed by atoms with Crippen LogP contribution >= 0.6 is 0 Å². The molecule has 0 unspecified atom stereocenters. The molecule has 104 valence electrons. The van der Waals surface area contributed by atoms with Crippen LogP contribution in [0.5, 0.6) is 0 Å². The molecule has 0 atom stereocenters. The summed E-state index contributed by atoms with van der Waals surface area (Å²) in [5.74, 6) is -3.59. The van der Waals surface area contributed by atoms with Crippen molar-refractivity contribution in [3.63, 3.8) is 0 Å². The molecule has 2 N–H and O–H groups in total. The number of aromatic carboxylic acids is 1. The minimum absolute atomic E-state index is 0.253. The molecular formula is C10H6F5NO3. The van der Waals surface area contributed by atoms with E-state index in [1.807, 2.05) is 0 Å². The van der Waals surface area contributed by atoms with Crippen LogP contribution in [0, 0.1) is 0 Å². The van der Waals surface area contributed by atoms with Gasteiger partial charge in [-0.15, -0.1) is 0 Å². The maximum Gasteiger partial charge on any atom is 0.416 e. The third-order valence-corrected chi connectivity index (χ3v) is 2.03. The molecule has 0 saturated heterocycles. The van der Waals surface area contributed by atoms with Crippen molar-refractivity contribution in [3.8, 4) is 0 Å². The highest BCUT2D eigenvalue weighted by Gasteiger charge is 2.32. The van der Waals surface area contributed by atoms with Gasteiger partial charge in [0.2, 0.25) is 0 Å². The molecule has 0 aliphatic heterocycles. The van der Waals surface area contributed by atoms with Gasteiger partial charge in [-0.25, -0.2) is 4.79 Å². The van der Waals surface area contributed by atoms with Crippen molar-refractivity contribution in [2.24, 2.45) is 0 Å². The summed E-state index contributed by atoms with van der Waals surface area (Å²) in [5, 5.41) is 10.2. The average molecular weight is 283 g/mol. The number of carboxylic acids is 1. The first-order valence-electron chi connectivity index (χ1n) is 4.66. The second kappa shape index (κ2) is 5.21. The Labute approximate surface area is 102 Å². The summed E-state index contributed by atoms with van der Waals surface area (Å²) in [6, 6.07) is 1.34. The molecule has 0 fully saturated rings. The second-order valence-electron chi connectivity index (χ2n) is 3.35. The molecule has 0 bridgehead atoms. The third-order valence-electron chi connectivity index (χ3n) is 2.03. The van der Waals surface area contributed by atoms with Gasteiger partial charge in [-0.2, -0.15) is 22.0 Å². The highest BCUT2D eigenvalue weighted by molar-refractivity contribution is 6.01. The van der Waals surface area contributed by atoms with Gasteiger partial charge in [0.1, 0.15) is 0 Å². The van der Waals surface area contributed by atoms with E-state index in [0.717, 1.165) is 0 Å². The van der Waals surface area contributed by atoms with Gasteiger partial charge in [0.05, 0.1) is 16.8 Å². The van der Waals surface area contributed by atoms with E-state index < -0.39 is 41.3 Å². The van der Waals surface area contributed by atoms with Gasteiger partial charge in [-0.3, -0.25) is 4.79 Å². The van der Waals surface area contributed by atoms with Crippen LogP contribution in [0.2, 0.25) is 0 Å². The van der Waals surface area contributed by atoms with Gasteiger partial charge in [0, 0.05) is 0 Å². The van der Waals surface area contributed by atoms with E-state index in [0.29, 0.717) is 12.1 Å². The first-order valence-corrected chi connectivity index (χ1v) is 4.66. The molecular weight excluding hydrogens is 277 g/mol. The predicted octanol–water partition coefficient (Wildman–Crippen LogP) is 2.61. The number of anilines is 1. The lowest BCUT2D eigenvalue weighted by Gasteiger charge is -2.11. The number of rotatable bonds is 3. The smallest absolute Gasteiger partial charge is 0.416 e. The van der Waals surface area contributed by atoms with Crippen LogP contribution in [0.25, 0.3) is 0 Å². The maximum atomic E-state index is 12.4. The Morgan fingerprint density at radius 2 is 1.79 bits per heavy atom. The minimum atomic E-state index is -4.78. The van der Waals surface area contributed by atoms with Gasteiger partial charge in [-0.05, 0) is 18.2 Å². The zero-order chi connectivity index (χ0) is 14.8. The zero-order valence-corrected chi connectivity index (χ0v) is 8.96. The number of carboxylic acid groups (broad SMARTS) is 1. The molecule has 0 aliphatic carbocycles. The Morgan fingerprint density at radius 3 is 2.21 bits per heavy atom. The average Bonchev–Trinajstić information content (AvgIpc) is 2.27. The van der Waals surface area contributed by atoms with E-state index in [2.05, 4.69) is 0 Å². The Hall–Kier alpha value is -2.19. The Bertz CT molecular complexity index is 512. The van der Waals surface area contributed by atoms with Crippen molar-refractivity contribution in [3.05, 3.63) is 29.3 Å². The third kappa shape index (κ3) is 3.63. The summed E-state index contributed by atoms with van der Waals surface area (Å²) >= 11 is 0. The Balaban J connectivity index is 3.20. The van der Waals surface area contributed by atoms with Crippen molar-refractivity contribution >= 4 is 17.6 Å². The van der Waals surface area contributed by atoms with Crippen molar-refractivity contribution < 1.29 is 36.6 Å². The molecule has 0 radical (unpaired) electrons. The summed E-state index contributed by atoms with van der Waals surface area (Å²) in [6.07, 6.45) is -8.20. The van der Waals surface area contributed by atoms with Gasteiger partial charge < -0.3 is 10.4 Å². The molecule has 4 nitrogen and oxygen atoms in total. The number of alkyl halides is 5. The summed E-state index contributed by atoms with van der Waals surface area (Å²) in [7, 11) is 0. The lowest BCUT2D eigenvalue weighted by Crippen LogP contribution is -2.22. The highest BCUT2D eigenvalue weighted by Crippen LogP contribution is 2.32. The van der Waals surface area contributed by atoms with Crippen molar-refractivity contribution in [1.82, 2.24) is 0 Å². The van der Waals surface area contributed by atoms with Crippen LogP contribution in [0.15, 0.2) is 18.2 Å². The van der Waals surface area contributed by atoms with Crippen LogP contribution < -0.4 is 5.32 Å². The molecule has 0 aliphatic rings. The standard InChI is InChI=1S/C10H6F5NO3/c11-7(12)8(17)16-6-2-1-4(10(13,14)15)3-5(6)9(18)19/h1-3,7H,(H,16,17)(H,18,19). The van der Waals surface area contributed by atoms with E-state index in [-0.39, 0.29) is 6.07 Å². The molecule has 1 rings (SSSR count). The lowest BCUT2D eigenvalue weighted by atomic mass is 10.1. The number of hydrogen-bond donors (Lipinski definition) is 2. The SMILES string of the molecule is O=C(O)c1cc(C(F)(F)F)ccc1NC(=O)C(F)F. The van der Waals surface area contributed by atoms with Crippen LogP contribution in [0.1, 0.15) is 15.9 Å². The first-order chi connectivity index (χ1) is 8.62. The quantitative estimate of drug-likeness (QED) is 0.838. The zero-order valence-electron chi connectivity index (χ0n) is 8.96. The molecule has 19 heavy (non-hydrogen) atoms. The fraction of sp³-hybridized carbons (Fsp3) is 0.200. The normalized spacial score (nSPS) is 11.5. The van der Waals surface area contributed by atoms with E-state index >= 15 is 0 Å². The van der Waals surface area contributed by atoms with Crippen LogP contribution in [0.4, 0.5) is 27.6 Å². The van der Waals surface area contributed by atoms with Gasteiger partial charge in [0.15, 0.2) is 0 Å². The Kier molecular flexibility index (Phi) is 4.07. The van der Waals surface area contributed by atoms with Crippen LogP contribution in [-0.2, 0) is 11.0 Å². The monoisotopic (exact) mass is 283 g/mol. The molecule has 9 heteroatoms. The van der Waals surface area contributed by atoms with Crippen molar-refractivity contribution in [1.29, 1.82) is 0 Å². The number of benzene rings is 1. The van der Waals surface area contributed by atoms with E-state index in [9.17, 15) is 31.5 Å². The van der Waals surface area contributed by atoms with E-state index in [1.165, 1.54) is 5.32 Å². The van der Waals surface area contributed by atoms with Crippen LogP contribution in [0.3, 0.4) is 0 Å². The molecule has 0 saturated carbocycles. The summed E-state index contributed by atoms with van der Waals surface area (Å²) < 4.78 is 61.0. The Morgan fingerprint density at radius 1 is 1.21 bits per heavy atom. The summed E-state index contributed by atoms with van der Waals surface area (Å²) in [5.41, 5.74) is -2.82. The molecule has 0 spiro atoms. The highest BCUT2D eigenvalue weighted by atomic mass is 19.4. The number of carbonyl (C=O) groups excluding carboxylic acids is 1. The number of nitrogens with one attached hydrogen (secondary N) is 1. The molecule has 1 aromatic carbocycles. The molecule has 0 heterocycles. The summed E-state index contributed by atoms with van der Waals surface area (Å²) in [4.78, 5) is 21.4. The number of amides is 1.